The quantitative estimate of drug-likeness (QED) is 0.322. The largest absolute Gasteiger partial charge is 0.384 e. The Bertz CT molecular complexity index is 1890. The second-order valence-electron chi connectivity index (χ2n) is 11.6. The van der Waals surface area contributed by atoms with E-state index >= 15 is 0 Å². The third-order valence-corrected chi connectivity index (χ3v) is 8.53. The van der Waals surface area contributed by atoms with Crippen molar-refractivity contribution >= 4 is 33.6 Å². The third-order valence-electron chi connectivity index (χ3n) is 8.53. The summed E-state index contributed by atoms with van der Waals surface area (Å²) in [7, 11) is 2.17. The van der Waals surface area contributed by atoms with E-state index in [4.69, 9.17) is 4.98 Å². The Labute approximate surface area is 241 Å². The van der Waals surface area contributed by atoms with Crippen LogP contribution >= 0.6 is 0 Å². The second kappa shape index (κ2) is 10.2. The first-order valence-electron chi connectivity index (χ1n) is 14.4. The van der Waals surface area contributed by atoms with E-state index in [1.807, 2.05) is 6.07 Å². The Morgan fingerprint density at radius 3 is 2.79 bits per heavy atom. The van der Waals surface area contributed by atoms with E-state index in [0.29, 0.717) is 42.0 Å². The van der Waals surface area contributed by atoms with Crippen molar-refractivity contribution in [1.29, 1.82) is 0 Å². The first kappa shape index (κ1) is 26.5. The van der Waals surface area contributed by atoms with Gasteiger partial charge in [0, 0.05) is 35.0 Å². The molecule has 4 aromatic heterocycles. The Morgan fingerprint density at radius 2 is 1.95 bits per heavy atom. The van der Waals surface area contributed by atoms with Crippen LogP contribution in [-0.2, 0) is 12.1 Å². The van der Waals surface area contributed by atoms with Crippen molar-refractivity contribution in [2.24, 2.45) is 0 Å². The number of benzene rings is 1. The molecule has 42 heavy (non-hydrogen) atoms. The summed E-state index contributed by atoms with van der Waals surface area (Å²) in [4.78, 5) is 29.6. The molecule has 216 valence electrons. The smallest absolute Gasteiger partial charge is 0.278 e. The van der Waals surface area contributed by atoms with Crippen LogP contribution in [0.15, 0.2) is 71.6 Å². The minimum atomic E-state index is -1.27. The fourth-order valence-electron chi connectivity index (χ4n) is 6.11. The normalized spacial score (nSPS) is 20.3. The van der Waals surface area contributed by atoms with Crippen molar-refractivity contribution in [2.45, 2.75) is 50.8 Å². The molecule has 1 atom stereocenters. The number of likely N-dealkylation sites (tertiary alicyclic amines) is 1. The lowest BCUT2D eigenvalue weighted by Gasteiger charge is -2.30. The molecule has 11 heteroatoms. The number of aliphatic hydroxyl groups is 1. The second-order valence-corrected chi connectivity index (χ2v) is 11.6. The molecule has 0 amide bonds. The molecule has 2 bridgehead atoms. The lowest BCUT2D eigenvalue weighted by atomic mass is 9.95. The van der Waals surface area contributed by atoms with Gasteiger partial charge in [-0.3, -0.25) is 4.79 Å². The van der Waals surface area contributed by atoms with Gasteiger partial charge in [-0.05, 0) is 89.1 Å². The molecular formula is C31H33FN8O2. The van der Waals surface area contributed by atoms with Crippen LogP contribution in [0.5, 0.6) is 0 Å². The van der Waals surface area contributed by atoms with E-state index in [2.05, 4.69) is 56.2 Å². The third kappa shape index (κ3) is 4.68. The van der Waals surface area contributed by atoms with Gasteiger partial charge >= 0.3 is 0 Å². The molecule has 2 aliphatic heterocycles. The lowest BCUT2D eigenvalue weighted by molar-refractivity contribution is 0.0442. The SMILES string of the molecule is CN1CCC(n2ccc3cc(Nc4ncc5c(=O)n6n(c5n4)-c4cccc(n4)C(C)(O)CCC=C(F)C6)ccc32)CC1. The summed E-state index contributed by atoms with van der Waals surface area (Å²) in [6.45, 7) is 3.57. The van der Waals surface area contributed by atoms with Gasteiger partial charge in [-0.25, -0.2) is 23.7 Å². The van der Waals surface area contributed by atoms with Gasteiger partial charge in [0.15, 0.2) is 11.5 Å². The van der Waals surface area contributed by atoms with Crippen molar-refractivity contribution in [1.82, 2.24) is 33.8 Å². The zero-order chi connectivity index (χ0) is 29.0. The molecule has 1 fully saturated rings. The van der Waals surface area contributed by atoms with Gasteiger partial charge in [-0.2, -0.15) is 4.98 Å². The number of fused-ring (bicyclic) bond motifs is 7. The maximum absolute atomic E-state index is 15.0. The number of allylic oxidation sites excluding steroid dienone is 2. The number of piperidine rings is 1. The number of nitrogens with one attached hydrogen (secondary N) is 1. The van der Waals surface area contributed by atoms with E-state index in [-0.39, 0.29) is 11.9 Å². The van der Waals surface area contributed by atoms with Crippen LogP contribution in [0.1, 0.15) is 44.3 Å². The van der Waals surface area contributed by atoms with E-state index in [1.54, 1.807) is 25.1 Å². The van der Waals surface area contributed by atoms with Gasteiger partial charge in [0.05, 0.1) is 12.2 Å². The van der Waals surface area contributed by atoms with Gasteiger partial charge in [-0.15, -0.1) is 0 Å². The molecule has 7 rings (SSSR count). The van der Waals surface area contributed by atoms with Crippen LogP contribution in [0.2, 0.25) is 0 Å². The molecule has 2 N–H and O–H groups in total. The van der Waals surface area contributed by atoms with Crippen LogP contribution in [0.3, 0.4) is 0 Å². The number of aromatic nitrogens is 6. The predicted octanol–water partition coefficient (Wildman–Crippen LogP) is 4.80. The highest BCUT2D eigenvalue weighted by Crippen LogP contribution is 2.30. The number of nitrogens with zero attached hydrogens (tertiary/aromatic N) is 7. The average Bonchev–Trinajstić information content (AvgIpc) is 3.51. The van der Waals surface area contributed by atoms with Crippen molar-refractivity contribution < 1.29 is 9.50 Å². The summed E-state index contributed by atoms with van der Waals surface area (Å²) in [5.41, 5.74) is 1.04. The summed E-state index contributed by atoms with van der Waals surface area (Å²) in [6.07, 6.45) is 7.89. The van der Waals surface area contributed by atoms with Crippen LogP contribution in [-0.4, -0.2) is 59.0 Å². The topological polar surface area (TPSA) is 106 Å². The molecule has 5 aromatic rings. The number of hydrogen-bond donors (Lipinski definition) is 2. The molecule has 0 saturated carbocycles. The number of anilines is 2. The lowest BCUT2D eigenvalue weighted by Crippen LogP contribution is -2.31. The number of rotatable bonds is 3. The predicted molar refractivity (Wildman–Crippen MR) is 160 cm³/mol. The Hall–Kier alpha value is -4.35. The van der Waals surface area contributed by atoms with Crippen molar-refractivity contribution in [3.63, 3.8) is 0 Å². The molecule has 2 aliphatic rings. The molecule has 0 radical (unpaired) electrons. The van der Waals surface area contributed by atoms with Gasteiger partial charge in [-0.1, -0.05) is 12.1 Å². The van der Waals surface area contributed by atoms with Gasteiger partial charge < -0.3 is 19.9 Å². The van der Waals surface area contributed by atoms with Crippen molar-refractivity contribution in [3.8, 4) is 5.82 Å². The number of hydrogen-bond acceptors (Lipinski definition) is 7. The Morgan fingerprint density at radius 1 is 1.12 bits per heavy atom. The minimum Gasteiger partial charge on any atom is -0.384 e. The van der Waals surface area contributed by atoms with Gasteiger partial charge in [0.25, 0.3) is 5.56 Å². The Kier molecular flexibility index (Phi) is 6.43. The highest BCUT2D eigenvalue weighted by Gasteiger charge is 2.27. The zero-order valence-corrected chi connectivity index (χ0v) is 23.7. The van der Waals surface area contributed by atoms with E-state index in [1.165, 1.54) is 27.2 Å². The average molecular weight is 569 g/mol. The molecule has 1 unspecified atom stereocenters. The standard InChI is InChI=1S/C31H33FN8O2/c1-31(42)13-4-5-21(32)19-39-29(41)24-18-33-30(36-28(24)40(39)27-7-3-6-26(31)35-27)34-22-8-9-25-20(17-22)10-16-38(25)23-11-14-37(2)15-12-23/h3,5-10,16-18,23,42H,4,11-15,19H2,1-2H3,(H,33,34,36). The maximum Gasteiger partial charge on any atom is 0.278 e. The van der Waals surface area contributed by atoms with Crippen molar-refractivity contribution in [3.05, 3.63) is 82.8 Å². The summed E-state index contributed by atoms with van der Waals surface area (Å²) >= 11 is 0. The summed E-state index contributed by atoms with van der Waals surface area (Å²) in [5.74, 6) is 0.181. The van der Waals surface area contributed by atoms with E-state index in [9.17, 15) is 14.3 Å². The molecule has 10 nitrogen and oxygen atoms in total. The van der Waals surface area contributed by atoms with Crippen LogP contribution in [0.25, 0.3) is 27.8 Å². The minimum absolute atomic E-state index is 0.245. The highest BCUT2D eigenvalue weighted by molar-refractivity contribution is 5.85. The summed E-state index contributed by atoms with van der Waals surface area (Å²) in [5, 5.41) is 15.7. The first-order chi connectivity index (χ1) is 20.3. The zero-order valence-electron chi connectivity index (χ0n) is 23.7. The van der Waals surface area contributed by atoms with E-state index < -0.39 is 17.0 Å². The molecule has 1 aromatic carbocycles. The first-order valence-corrected chi connectivity index (χ1v) is 14.4. The number of pyridine rings is 1. The summed E-state index contributed by atoms with van der Waals surface area (Å²) in [6, 6.07) is 14.0. The van der Waals surface area contributed by atoms with Gasteiger partial charge in [0.2, 0.25) is 5.95 Å². The molecule has 0 spiro atoms. The fraction of sp³-hybridized carbons (Fsp3) is 0.355. The molecule has 6 heterocycles. The fourth-order valence-corrected chi connectivity index (χ4v) is 6.11. The molecule has 1 saturated heterocycles. The maximum atomic E-state index is 15.0. The van der Waals surface area contributed by atoms with Crippen LogP contribution in [0, 0.1) is 0 Å². The highest BCUT2D eigenvalue weighted by atomic mass is 19.1. The Balaban J connectivity index is 1.27. The van der Waals surface area contributed by atoms with E-state index in [0.717, 1.165) is 37.0 Å². The van der Waals surface area contributed by atoms with Crippen LogP contribution < -0.4 is 10.9 Å². The monoisotopic (exact) mass is 568 g/mol. The number of halogens is 1. The van der Waals surface area contributed by atoms with Gasteiger partial charge in [0.1, 0.15) is 16.8 Å². The summed E-state index contributed by atoms with van der Waals surface area (Å²) < 4.78 is 20.1. The molecular weight excluding hydrogens is 535 g/mol. The molecule has 0 aliphatic carbocycles. The van der Waals surface area contributed by atoms with Crippen molar-refractivity contribution in [2.75, 3.05) is 25.5 Å². The van der Waals surface area contributed by atoms with Crippen LogP contribution in [0.4, 0.5) is 16.0 Å².